The zero-order chi connectivity index (χ0) is 28.9. The van der Waals surface area contributed by atoms with Gasteiger partial charge in [0.2, 0.25) is 0 Å². The fourth-order valence-corrected chi connectivity index (χ4v) is 4.10. The summed E-state index contributed by atoms with van der Waals surface area (Å²) >= 11 is 5.90. The van der Waals surface area contributed by atoms with Gasteiger partial charge in [0.15, 0.2) is 17.3 Å². The van der Waals surface area contributed by atoms with Gasteiger partial charge < -0.3 is 9.47 Å². The van der Waals surface area contributed by atoms with Gasteiger partial charge in [0.25, 0.3) is 11.2 Å². The zero-order valence-electron chi connectivity index (χ0n) is 21.6. The van der Waals surface area contributed by atoms with Crippen LogP contribution in [-0.2, 0) is 0 Å². The minimum absolute atomic E-state index is 0.0905. The lowest BCUT2D eigenvalue weighted by Gasteiger charge is -2.12. The first-order valence-corrected chi connectivity index (χ1v) is 12.8. The summed E-state index contributed by atoms with van der Waals surface area (Å²) < 4.78 is 12.4. The van der Waals surface area contributed by atoms with Crippen molar-refractivity contribution in [3.05, 3.63) is 128 Å². The average Bonchev–Trinajstić information content (AvgIpc) is 2.98. The predicted molar refractivity (Wildman–Crippen MR) is 155 cm³/mol. The van der Waals surface area contributed by atoms with Crippen molar-refractivity contribution in [2.24, 2.45) is 5.10 Å². The number of benzene rings is 4. The lowest BCUT2D eigenvalue weighted by Crippen LogP contribution is -2.20. The van der Waals surface area contributed by atoms with Gasteiger partial charge in [0, 0.05) is 22.7 Å². The smallest absolute Gasteiger partial charge is 0.343 e. The van der Waals surface area contributed by atoms with Crippen molar-refractivity contribution >= 4 is 40.4 Å². The van der Waals surface area contributed by atoms with E-state index in [9.17, 15) is 19.7 Å². The van der Waals surface area contributed by atoms with Gasteiger partial charge in [-0.15, -0.1) is 0 Å². The number of hydrogen-bond acceptors (Lipinski definition) is 8. The molecular formula is C30H21ClN4O6. The van der Waals surface area contributed by atoms with Crippen molar-refractivity contribution in [2.75, 3.05) is 6.61 Å². The van der Waals surface area contributed by atoms with Gasteiger partial charge in [-0.25, -0.2) is 9.78 Å². The molecule has 0 aliphatic rings. The Morgan fingerprint density at radius 3 is 2.46 bits per heavy atom. The second-order valence-electron chi connectivity index (χ2n) is 8.65. The Hall–Kier alpha value is -5.35. The maximum atomic E-state index is 13.4. The Bertz CT molecular complexity index is 1850. The number of carbonyl (C=O) groups excluding carboxylic acids is 1. The van der Waals surface area contributed by atoms with Gasteiger partial charge in [-0.3, -0.25) is 14.9 Å². The van der Waals surface area contributed by atoms with Gasteiger partial charge >= 0.3 is 5.97 Å². The molecule has 1 aromatic heterocycles. The number of ether oxygens (including phenoxy) is 2. The molecule has 10 nitrogen and oxygen atoms in total. The monoisotopic (exact) mass is 568 g/mol. The molecule has 4 aromatic carbocycles. The topological polar surface area (TPSA) is 126 Å². The van der Waals surface area contributed by atoms with Crippen LogP contribution in [0.2, 0.25) is 5.02 Å². The van der Waals surface area contributed by atoms with Gasteiger partial charge in [-0.2, -0.15) is 9.78 Å². The number of nitrogens with zero attached hydrogens (tertiary/aromatic N) is 4. The standard InChI is InChI=1S/C30H21ClN4O6/c1-2-40-27-17-19(7-16-26(27)41-30(37)21-8-12-22(31)13-9-21)18-32-34-28(20-10-14-23(15-11-20)35(38)39)33-25-6-4-3-5-24(25)29(34)36/h3-18H,2H2,1H3. The van der Waals surface area contributed by atoms with E-state index in [1.54, 1.807) is 73.7 Å². The number of non-ortho nitro benzene ring substituents is 1. The third-order valence-corrected chi connectivity index (χ3v) is 6.21. The Labute approximate surface area is 238 Å². The highest BCUT2D eigenvalue weighted by molar-refractivity contribution is 6.30. The van der Waals surface area contributed by atoms with Crippen LogP contribution < -0.4 is 15.0 Å². The fraction of sp³-hybridized carbons (Fsp3) is 0.0667. The number of aromatic nitrogens is 2. The molecule has 5 rings (SSSR count). The Morgan fingerprint density at radius 1 is 1.02 bits per heavy atom. The number of carbonyl (C=O) groups is 1. The van der Waals surface area contributed by atoms with E-state index in [1.165, 1.54) is 30.5 Å². The Kier molecular flexibility index (Phi) is 7.84. The first-order valence-electron chi connectivity index (χ1n) is 12.4. The molecule has 1 heterocycles. The predicted octanol–water partition coefficient (Wildman–Crippen LogP) is 6.13. The summed E-state index contributed by atoms with van der Waals surface area (Å²) in [5.41, 5.74) is 1.29. The van der Waals surface area contributed by atoms with Crippen LogP contribution in [0.3, 0.4) is 0 Å². The number of halogens is 1. The van der Waals surface area contributed by atoms with Crippen molar-refractivity contribution in [2.45, 2.75) is 6.92 Å². The van der Waals surface area contributed by atoms with Crippen LogP contribution in [0.1, 0.15) is 22.8 Å². The highest BCUT2D eigenvalue weighted by Gasteiger charge is 2.16. The minimum Gasteiger partial charge on any atom is -0.490 e. The number of hydrogen-bond donors (Lipinski definition) is 0. The molecule has 204 valence electrons. The first kappa shape index (κ1) is 27.2. The molecule has 41 heavy (non-hydrogen) atoms. The third-order valence-electron chi connectivity index (χ3n) is 5.96. The molecule has 0 radical (unpaired) electrons. The van der Waals surface area contributed by atoms with Gasteiger partial charge in [0.05, 0.1) is 34.2 Å². The minimum atomic E-state index is -0.578. The van der Waals surface area contributed by atoms with Crippen LogP contribution in [0.25, 0.3) is 22.3 Å². The molecule has 0 saturated carbocycles. The van der Waals surface area contributed by atoms with Crippen molar-refractivity contribution in [3.8, 4) is 22.9 Å². The van der Waals surface area contributed by atoms with Crippen molar-refractivity contribution in [1.29, 1.82) is 0 Å². The molecule has 0 unspecified atom stereocenters. The summed E-state index contributed by atoms with van der Waals surface area (Å²) in [4.78, 5) is 41.3. The SMILES string of the molecule is CCOc1cc(C=Nn2c(-c3ccc([N+](=O)[O-])cc3)nc3ccccc3c2=O)ccc1OC(=O)c1ccc(Cl)cc1. The molecule has 0 saturated heterocycles. The van der Waals surface area contributed by atoms with Gasteiger partial charge in [0.1, 0.15) is 0 Å². The van der Waals surface area contributed by atoms with E-state index in [4.69, 9.17) is 21.1 Å². The molecular weight excluding hydrogens is 548 g/mol. The van der Waals surface area contributed by atoms with Crippen LogP contribution in [0.5, 0.6) is 11.5 Å². The normalized spacial score (nSPS) is 11.1. The largest absolute Gasteiger partial charge is 0.490 e. The maximum absolute atomic E-state index is 13.4. The lowest BCUT2D eigenvalue weighted by molar-refractivity contribution is -0.384. The van der Waals surface area contributed by atoms with Crippen molar-refractivity contribution < 1.29 is 19.2 Å². The summed E-state index contributed by atoms with van der Waals surface area (Å²) in [6, 6.07) is 23.7. The Morgan fingerprint density at radius 2 is 1.76 bits per heavy atom. The number of esters is 1. The highest BCUT2D eigenvalue weighted by atomic mass is 35.5. The molecule has 0 amide bonds. The molecule has 0 N–H and O–H groups in total. The second-order valence-corrected chi connectivity index (χ2v) is 9.09. The van der Waals surface area contributed by atoms with E-state index < -0.39 is 16.5 Å². The third kappa shape index (κ3) is 5.97. The van der Waals surface area contributed by atoms with E-state index in [-0.39, 0.29) is 17.3 Å². The summed E-state index contributed by atoms with van der Waals surface area (Å²) in [5.74, 6) is 0.141. The molecule has 0 aliphatic carbocycles. The second kappa shape index (κ2) is 11.8. The highest BCUT2D eigenvalue weighted by Crippen LogP contribution is 2.29. The van der Waals surface area contributed by atoms with Crippen LogP contribution >= 0.6 is 11.6 Å². The van der Waals surface area contributed by atoms with Crippen molar-refractivity contribution in [3.63, 3.8) is 0 Å². The molecule has 0 spiro atoms. The van der Waals surface area contributed by atoms with E-state index in [2.05, 4.69) is 10.1 Å². The molecule has 5 aromatic rings. The first-order chi connectivity index (χ1) is 19.8. The average molecular weight is 569 g/mol. The van der Waals surface area contributed by atoms with Crippen LogP contribution in [0.15, 0.2) is 101 Å². The van der Waals surface area contributed by atoms with E-state index in [1.807, 2.05) is 0 Å². The van der Waals surface area contributed by atoms with E-state index in [0.29, 0.717) is 45.0 Å². The summed E-state index contributed by atoms with van der Waals surface area (Å²) in [6.07, 6.45) is 1.44. The van der Waals surface area contributed by atoms with Crippen LogP contribution in [-0.4, -0.2) is 33.4 Å². The van der Waals surface area contributed by atoms with E-state index in [0.717, 1.165) is 4.68 Å². The molecule has 0 aliphatic heterocycles. The molecule has 0 bridgehead atoms. The Balaban J connectivity index is 1.52. The quantitative estimate of drug-likeness (QED) is 0.0725. The van der Waals surface area contributed by atoms with Gasteiger partial charge in [-0.05, 0) is 79.2 Å². The van der Waals surface area contributed by atoms with Gasteiger partial charge in [-0.1, -0.05) is 23.7 Å². The number of rotatable bonds is 8. The van der Waals surface area contributed by atoms with Crippen LogP contribution in [0.4, 0.5) is 5.69 Å². The summed E-state index contributed by atoms with van der Waals surface area (Å²) in [7, 11) is 0. The number of fused-ring (bicyclic) bond motifs is 1. The molecule has 0 atom stereocenters. The number of nitro groups is 1. The van der Waals surface area contributed by atoms with Crippen molar-refractivity contribution in [1.82, 2.24) is 9.66 Å². The van der Waals surface area contributed by atoms with E-state index >= 15 is 0 Å². The lowest BCUT2D eigenvalue weighted by atomic mass is 10.1. The fourth-order valence-electron chi connectivity index (χ4n) is 3.98. The summed E-state index contributed by atoms with van der Waals surface area (Å²) in [6.45, 7) is 2.10. The zero-order valence-corrected chi connectivity index (χ0v) is 22.3. The summed E-state index contributed by atoms with van der Waals surface area (Å²) in [5, 5.41) is 16.4. The molecule has 11 heteroatoms. The maximum Gasteiger partial charge on any atom is 0.343 e. The molecule has 0 fully saturated rings. The number of nitro benzene ring substituents is 1. The number of para-hydroxylation sites is 1. The van der Waals surface area contributed by atoms with Crippen LogP contribution in [0, 0.1) is 10.1 Å².